The second-order valence-corrected chi connectivity index (χ2v) is 5.15. The van der Waals surface area contributed by atoms with Crippen LogP contribution in [0.4, 0.5) is 0 Å². The first-order valence-electron chi connectivity index (χ1n) is 6.60. The van der Waals surface area contributed by atoms with Gasteiger partial charge in [0.25, 0.3) is 0 Å². The summed E-state index contributed by atoms with van der Waals surface area (Å²) in [5.41, 5.74) is 0. The molecule has 0 saturated carbocycles. The molecule has 1 unspecified atom stereocenters. The van der Waals surface area contributed by atoms with Crippen molar-refractivity contribution in [3.05, 3.63) is 0 Å². The fraction of sp³-hybridized carbons (Fsp3) is 0.923. The smallest absolute Gasteiger partial charge is 0.227 e. The van der Waals surface area contributed by atoms with Crippen LogP contribution in [0.25, 0.3) is 0 Å². The van der Waals surface area contributed by atoms with E-state index < -0.39 is 0 Å². The lowest BCUT2D eigenvalue weighted by molar-refractivity contribution is -0.136. The fourth-order valence-corrected chi connectivity index (χ4v) is 2.35. The predicted octanol–water partition coefficient (Wildman–Crippen LogP) is 1.88. The van der Waals surface area contributed by atoms with Gasteiger partial charge in [0, 0.05) is 19.6 Å². The van der Waals surface area contributed by atoms with E-state index in [1.54, 1.807) is 0 Å². The molecule has 1 fully saturated rings. The summed E-state index contributed by atoms with van der Waals surface area (Å²) in [5.74, 6) is 0.914. The number of carbonyl (C=O) groups excluding carboxylic acids is 1. The summed E-state index contributed by atoms with van der Waals surface area (Å²) in [4.78, 5) is 14.4. The van der Waals surface area contributed by atoms with E-state index in [-0.39, 0.29) is 5.92 Å². The number of nitrogens with zero attached hydrogens (tertiary/aromatic N) is 1. The Morgan fingerprint density at radius 2 is 1.75 bits per heavy atom. The third-order valence-electron chi connectivity index (χ3n) is 3.46. The van der Waals surface area contributed by atoms with E-state index in [2.05, 4.69) is 24.1 Å². The SMILES string of the molecule is CNCC(C(=O)N1CCCCCC1)C(C)C. The molecule has 1 aliphatic heterocycles. The Balaban J connectivity index is 2.57. The lowest BCUT2D eigenvalue weighted by Crippen LogP contribution is -2.42. The van der Waals surface area contributed by atoms with E-state index in [4.69, 9.17) is 0 Å². The highest BCUT2D eigenvalue weighted by Crippen LogP contribution is 2.17. The molecular formula is C13H26N2O. The molecule has 3 heteroatoms. The highest BCUT2D eigenvalue weighted by Gasteiger charge is 2.26. The molecule has 1 heterocycles. The van der Waals surface area contributed by atoms with Crippen LogP contribution in [-0.2, 0) is 4.79 Å². The molecule has 0 aromatic heterocycles. The number of amides is 1. The molecule has 1 amide bonds. The molecule has 0 radical (unpaired) electrons. The van der Waals surface area contributed by atoms with Crippen molar-refractivity contribution in [1.29, 1.82) is 0 Å². The first kappa shape index (κ1) is 13.5. The monoisotopic (exact) mass is 226 g/mol. The minimum Gasteiger partial charge on any atom is -0.342 e. The van der Waals surface area contributed by atoms with E-state index in [1.165, 1.54) is 25.7 Å². The van der Waals surface area contributed by atoms with Crippen molar-refractivity contribution in [2.45, 2.75) is 39.5 Å². The fourth-order valence-electron chi connectivity index (χ4n) is 2.35. The van der Waals surface area contributed by atoms with Gasteiger partial charge in [0.05, 0.1) is 5.92 Å². The van der Waals surface area contributed by atoms with Crippen LogP contribution in [0.3, 0.4) is 0 Å². The summed E-state index contributed by atoms with van der Waals surface area (Å²) in [7, 11) is 1.92. The van der Waals surface area contributed by atoms with E-state index in [9.17, 15) is 4.79 Å². The molecule has 1 atom stereocenters. The molecule has 0 aromatic carbocycles. The third kappa shape index (κ3) is 3.78. The summed E-state index contributed by atoms with van der Waals surface area (Å²) >= 11 is 0. The van der Waals surface area contributed by atoms with Gasteiger partial charge in [-0.2, -0.15) is 0 Å². The highest BCUT2D eigenvalue weighted by molar-refractivity contribution is 5.79. The van der Waals surface area contributed by atoms with Crippen molar-refractivity contribution in [3.63, 3.8) is 0 Å². The Morgan fingerprint density at radius 3 is 2.19 bits per heavy atom. The molecule has 0 spiro atoms. The van der Waals surface area contributed by atoms with Crippen LogP contribution in [-0.4, -0.2) is 37.5 Å². The Hall–Kier alpha value is -0.570. The first-order valence-corrected chi connectivity index (χ1v) is 6.60. The average Bonchev–Trinajstić information content (AvgIpc) is 2.53. The summed E-state index contributed by atoms with van der Waals surface area (Å²) in [5, 5.41) is 3.14. The predicted molar refractivity (Wildman–Crippen MR) is 67.3 cm³/mol. The third-order valence-corrected chi connectivity index (χ3v) is 3.46. The van der Waals surface area contributed by atoms with Crippen molar-refractivity contribution < 1.29 is 4.79 Å². The number of likely N-dealkylation sites (tertiary alicyclic amines) is 1. The molecule has 0 bridgehead atoms. The largest absolute Gasteiger partial charge is 0.342 e. The van der Waals surface area contributed by atoms with Gasteiger partial charge in [-0.05, 0) is 25.8 Å². The second-order valence-electron chi connectivity index (χ2n) is 5.15. The number of nitrogens with one attached hydrogen (secondary N) is 1. The average molecular weight is 226 g/mol. The summed E-state index contributed by atoms with van der Waals surface area (Å²) < 4.78 is 0. The summed E-state index contributed by atoms with van der Waals surface area (Å²) in [6, 6.07) is 0. The van der Waals surface area contributed by atoms with Crippen molar-refractivity contribution >= 4 is 5.91 Å². The topological polar surface area (TPSA) is 32.3 Å². The van der Waals surface area contributed by atoms with E-state index >= 15 is 0 Å². The Kier molecular flexibility index (Phi) is 5.81. The van der Waals surface area contributed by atoms with Gasteiger partial charge in [0.15, 0.2) is 0 Å². The zero-order chi connectivity index (χ0) is 12.0. The standard InChI is InChI=1S/C13H26N2O/c1-11(2)12(10-14-3)13(16)15-8-6-4-5-7-9-15/h11-12,14H,4-10H2,1-3H3. The zero-order valence-corrected chi connectivity index (χ0v) is 11.0. The minimum atomic E-state index is 0.142. The van der Waals surface area contributed by atoms with E-state index in [1.807, 2.05) is 7.05 Å². The van der Waals surface area contributed by atoms with Crippen LogP contribution < -0.4 is 5.32 Å². The van der Waals surface area contributed by atoms with Gasteiger partial charge in [-0.15, -0.1) is 0 Å². The lowest BCUT2D eigenvalue weighted by atomic mass is 9.94. The second kappa shape index (κ2) is 6.89. The molecule has 0 aromatic rings. The molecule has 1 N–H and O–H groups in total. The zero-order valence-electron chi connectivity index (χ0n) is 11.0. The van der Waals surface area contributed by atoms with Gasteiger partial charge >= 0.3 is 0 Å². The molecule has 0 aliphatic carbocycles. The Labute approximate surface area is 99.6 Å². The molecule has 1 aliphatic rings. The highest BCUT2D eigenvalue weighted by atomic mass is 16.2. The van der Waals surface area contributed by atoms with Crippen molar-refractivity contribution in [2.24, 2.45) is 11.8 Å². The Bertz CT molecular complexity index is 208. The van der Waals surface area contributed by atoms with Gasteiger partial charge in [-0.3, -0.25) is 4.79 Å². The number of hydrogen-bond donors (Lipinski definition) is 1. The number of hydrogen-bond acceptors (Lipinski definition) is 2. The first-order chi connectivity index (χ1) is 7.66. The van der Waals surface area contributed by atoms with Gasteiger partial charge in [-0.25, -0.2) is 0 Å². The maximum atomic E-state index is 12.4. The summed E-state index contributed by atoms with van der Waals surface area (Å²) in [6.45, 7) is 7.00. The van der Waals surface area contributed by atoms with Crippen LogP contribution in [0.5, 0.6) is 0 Å². The molecule has 3 nitrogen and oxygen atoms in total. The molecule has 1 rings (SSSR count). The number of carbonyl (C=O) groups is 1. The lowest BCUT2D eigenvalue weighted by Gasteiger charge is -2.28. The van der Waals surface area contributed by atoms with Gasteiger partial charge in [-0.1, -0.05) is 26.7 Å². The van der Waals surface area contributed by atoms with Crippen LogP contribution >= 0.6 is 0 Å². The van der Waals surface area contributed by atoms with Crippen LogP contribution in [0.15, 0.2) is 0 Å². The Morgan fingerprint density at radius 1 is 1.19 bits per heavy atom. The van der Waals surface area contributed by atoms with E-state index in [0.717, 1.165) is 19.6 Å². The number of rotatable bonds is 4. The van der Waals surface area contributed by atoms with Crippen molar-refractivity contribution in [3.8, 4) is 0 Å². The van der Waals surface area contributed by atoms with Gasteiger partial charge < -0.3 is 10.2 Å². The van der Waals surface area contributed by atoms with Crippen LogP contribution in [0.1, 0.15) is 39.5 Å². The molecule has 1 saturated heterocycles. The maximum absolute atomic E-state index is 12.4. The normalized spacial score (nSPS) is 19.6. The summed E-state index contributed by atoms with van der Waals surface area (Å²) in [6.07, 6.45) is 4.91. The van der Waals surface area contributed by atoms with E-state index in [0.29, 0.717) is 11.8 Å². The maximum Gasteiger partial charge on any atom is 0.227 e. The van der Waals surface area contributed by atoms with Crippen LogP contribution in [0.2, 0.25) is 0 Å². The van der Waals surface area contributed by atoms with Gasteiger partial charge in [0.1, 0.15) is 0 Å². The molecule has 16 heavy (non-hydrogen) atoms. The van der Waals surface area contributed by atoms with Crippen molar-refractivity contribution in [1.82, 2.24) is 10.2 Å². The van der Waals surface area contributed by atoms with Crippen LogP contribution in [0, 0.1) is 11.8 Å². The quantitative estimate of drug-likeness (QED) is 0.794. The minimum absolute atomic E-state index is 0.142. The molecular weight excluding hydrogens is 200 g/mol. The van der Waals surface area contributed by atoms with Gasteiger partial charge in [0.2, 0.25) is 5.91 Å². The van der Waals surface area contributed by atoms with Crippen molar-refractivity contribution in [2.75, 3.05) is 26.7 Å². The molecule has 94 valence electrons.